The van der Waals surface area contributed by atoms with E-state index in [0.717, 1.165) is 44.9 Å². The van der Waals surface area contributed by atoms with Crippen LogP contribution in [-0.2, 0) is 19.9 Å². The van der Waals surface area contributed by atoms with Gasteiger partial charge in [-0.1, -0.05) is 32.1 Å². The molecule has 4 unspecified atom stereocenters. The second-order valence-corrected chi connectivity index (χ2v) is 9.78. The van der Waals surface area contributed by atoms with Gasteiger partial charge in [-0.25, -0.2) is 0 Å². The number of carbonyl (C=O) groups excluding carboxylic acids is 2. The summed E-state index contributed by atoms with van der Waals surface area (Å²) < 4.78 is 6.63. The SMILES string of the molecule is O=C1CCC2C(OC3(c4ccc(O)c(O)c4O)CCCCC3C23CCCCC3)C1=O. The number of hydrogen-bond acceptors (Lipinski definition) is 6. The lowest BCUT2D eigenvalue weighted by Crippen LogP contribution is -2.65. The van der Waals surface area contributed by atoms with Gasteiger partial charge in [0.05, 0.1) is 0 Å². The topological polar surface area (TPSA) is 104 Å². The van der Waals surface area contributed by atoms with E-state index in [1.807, 2.05) is 0 Å². The summed E-state index contributed by atoms with van der Waals surface area (Å²) in [5.41, 5.74) is -0.589. The number of aromatic hydroxyl groups is 3. The molecule has 0 radical (unpaired) electrons. The predicted molar refractivity (Wildman–Crippen MR) is 108 cm³/mol. The van der Waals surface area contributed by atoms with Crippen LogP contribution in [0.5, 0.6) is 17.2 Å². The molecule has 3 N–H and O–H groups in total. The number of ether oxygens (including phenoxy) is 1. The van der Waals surface area contributed by atoms with E-state index in [4.69, 9.17) is 4.74 Å². The van der Waals surface area contributed by atoms with Gasteiger partial charge in [-0.05, 0) is 61.5 Å². The molecule has 5 rings (SSSR count). The van der Waals surface area contributed by atoms with Crippen molar-refractivity contribution in [2.24, 2.45) is 17.3 Å². The minimum atomic E-state index is -0.931. The molecule has 6 heteroatoms. The molecule has 3 aliphatic carbocycles. The quantitative estimate of drug-likeness (QED) is 0.472. The maximum Gasteiger partial charge on any atom is 0.227 e. The van der Waals surface area contributed by atoms with Crippen LogP contribution < -0.4 is 0 Å². The number of rotatable bonds is 1. The molecule has 4 aliphatic rings. The van der Waals surface area contributed by atoms with Crippen LogP contribution in [0.1, 0.15) is 76.2 Å². The number of phenols is 3. The van der Waals surface area contributed by atoms with Crippen LogP contribution in [0.2, 0.25) is 0 Å². The third-order valence-electron chi connectivity index (χ3n) is 8.57. The van der Waals surface area contributed by atoms with Crippen molar-refractivity contribution in [1.29, 1.82) is 0 Å². The average molecular weight is 414 g/mol. The second kappa shape index (κ2) is 6.98. The highest BCUT2D eigenvalue weighted by molar-refractivity contribution is 6.39. The zero-order valence-electron chi connectivity index (χ0n) is 17.2. The van der Waals surface area contributed by atoms with Gasteiger partial charge >= 0.3 is 0 Å². The van der Waals surface area contributed by atoms with Gasteiger partial charge in [0.1, 0.15) is 11.7 Å². The standard InChI is InChI=1S/C24H30O6/c25-16-9-7-14(19(27)20(16)28)24-13-5-2-6-18(24)23(11-3-1-4-12-23)15-8-10-17(26)21(29)22(15)30-24/h7,9,15,18,22,25,27-28H,1-6,8,10-13H2. The molecular weight excluding hydrogens is 384 g/mol. The minimum absolute atomic E-state index is 0.0343. The first-order valence-corrected chi connectivity index (χ1v) is 11.4. The van der Waals surface area contributed by atoms with E-state index < -0.39 is 23.2 Å². The van der Waals surface area contributed by atoms with Gasteiger partial charge in [0.2, 0.25) is 17.3 Å². The van der Waals surface area contributed by atoms with Crippen molar-refractivity contribution < 1.29 is 29.6 Å². The molecule has 6 nitrogen and oxygen atoms in total. The third-order valence-corrected chi connectivity index (χ3v) is 8.57. The van der Waals surface area contributed by atoms with Crippen molar-refractivity contribution >= 4 is 11.6 Å². The van der Waals surface area contributed by atoms with Gasteiger partial charge in [0, 0.05) is 12.0 Å². The summed E-state index contributed by atoms with van der Waals surface area (Å²) in [6.07, 6.45) is 9.12. The summed E-state index contributed by atoms with van der Waals surface area (Å²) in [5, 5.41) is 31.0. The first-order chi connectivity index (χ1) is 14.4. The molecule has 1 aromatic rings. The van der Waals surface area contributed by atoms with Crippen molar-refractivity contribution in [2.75, 3.05) is 0 Å². The molecule has 4 fully saturated rings. The lowest BCUT2D eigenvalue weighted by Gasteiger charge is -2.64. The summed E-state index contributed by atoms with van der Waals surface area (Å²) in [4.78, 5) is 25.3. The van der Waals surface area contributed by atoms with Crippen molar-refractivity contribution in [3.8, 4) is 17.2 Å². The van der Waals surface area contributed by atoms with Crippen LogP contribution in [-0.4, -0.2) is 33.0 Å². The third kappa shape index (κ3) is 2.58. The molecule has 162 valence electrons. The van der Waals surface area contributed by atoms with E-state index >= 15 is 0 Å². The van der Waals surface area contributed by atoms with Gasteiger partial charge in [0.15, 0.2) is 11.5 Å². The van der Waals surface area contributed by atoms with E-state index in [2.05, 4.69) is 0 Å². The lowest BCUT2D eigenvalue weighted by atomic mass is 9.47. The Hall–Kier alpha value is -2.08. The predicted octanol–water partition coefficient (Wildman–Crippen LogP) is 4.09. The van der Waals surface area contributed by atoms with E-state index in [0.29, 0.717) is 24.8 Å². The summed E-state index contributed by atoms with van der Waals surface area (Å²) in [6, 6.07) is 3.00. The smallest absolute Gasteiger partial charge is 0.227 e. The molecule has 0 aromatic heterocycles. The summed E-state index contributed by atoms with van der Waals surface area (Å²) in [6.45, 7) is 0. The number of ketones is 2. The van der Waals surface area contributed by atoms with E-state index in [1.165, 1.54) is 12.5 Å². The molecular formula is C24H30O6. The number of phenolic OH excluding ortho intramolecular Hbond substituents is 3. The Morgan fingerprint density at radius 3 is 2.37 bits per heavy atom. The summed E-state index contributed by atoms with van der Waals surface area (Å²) >= 11 is 0. The molecule has 1 spiro atoms. The fraction of sp³-hybridized carbons (Fsp3) is 0.667. The normalized spacial score (nSPS) is 35.7. The molecule has 0 bridgehead atoms. The maximum atomic E-state index is 13.0. The fourth-order valence-electron chi connectivity index (χ4n) is 7.37. The van der Waals surface area contributed by atoms with Gasteiger partial charge in [-0.3, -0.25) is 9.59 Å². The monoisotopic (exact) mass is 414 g/mol. The van der Waals surface area contributed by atoms with E-state index in [1.54, 1.807) is 6.07 Å². The number of benzene rings is 1. The van der Waals surface area contributed by atoms with Crippen LogP contribution in [0.4, 0.5) is 0 Å². The van der Waals surface area contributed by atoms with Crippen LogP contribution in [0.25, 0.3) is 0 Å². The summed E-state index contributed by atoms with van der Waals surface area (Å²) in [5.74, 6) is -1.96. The number of Topliss-reactive ketones (excluding diaryl/α,β-unsaturated/α-hetero) is 2. The van der Waals surface area contributed by atoms with Crippen LogP contribution >= 0.6 is 0 Å². The summed E-state index contributed by atoms with van der Waals surface area (Å²) in [7, 11) is 0. The second-order valence-electron chi connectivity index (χ2n) is 9.78. The number of hydrogen-bond donors (Lipinski definition) is 3. The Labute approximate surface area is 176 Å². The minimum Gasteiger partial charge on any atom is -0.504 e. The highest BCUT2D eigenvalue weighted by Gasteiger charge is 2.65. The van der Waals surface area contributed by atoms with Crippen molar-refractivity contribution in [1.82, 2.24) is 0 Å². The Balaban J connectivity index is 1.72. The molecule has 1 heterocycles. The Kier molecular flexibility index (Phi) is 4.62. The Bertz CT molecular complexity index is 886. The zero-order chi connectivity index (χ0) is 21.1. The van der Waals surface area contributed by atoms with Crippen LogP contribution in [0.3, 0.4) is 0 Å². The molecule has 1 aliphatic heterocycles. The molecule has 4 atom stereocenters. The van der Waals surface area contributed by atoms with Crippen molar-refractivity contribution in [2.45, 2.75) is 82.3 Å². The average Bonchev–Trinajstić information content (AvgIpc) is 2.76. The van der Waals surface area contributed by atoms with Gasteiger partial charge in [-0.15, -0.1) is 0 Å². The first kappa shape index (κ1) is 19.9. The molecule has 0 amide bonds. The molecule has 1 saturated heterocycles. The highest BCUT2D eigenvalue weighted by atomic mass is 16.5. The Morgan fingerprint density at radius 1 is 0.867 bits per heavy atom. The fourth-order valence-corrected chi connectivity index (χ4v) is 7.37. The molecule has 30 heavy (non-hydrogen) atoms. The van der Waals surface area contributed by atoms with E-state index in [9.17, 15) is 24.9 Å². The first-order valence-electron chi connectivity index (χ1n) is 11.4. The van der Waals surface area contributed by atoms with E-state index in [-0.39, 0.29) is 34.5 Å². The van der Waals surface area contributed by atoms with Crippen LogP contribution in [0, 0.1) is 17.3 Å². The van der Waals surface area contributed by atoms with Gasteiger partial charge in [-0.2, -0.15) is 0 Å². The number of fused-ring (bicyclic) bond motifs is 4. The van der Waals surface area contributed by atoms with Crippen LogP contribution in [0.15, 0.2) is 12.1 Å². The lowest BCUT2D eigenvalue weighted by molar-refractivity contribution is -0.268. The maximum absolute atomic E-state index is 13.0. The zero-order valence-corrected chi connectivity index (χ0v) is 17.2. The molecule has 1 aromatic carbocycles. The van der Waals surface area contributed by atoms with Crippen molar-refractivity contribution in [3.05, 3.63) is 17.7 Å². The number of carbonyl (C=O) groups is 2. The van der Waals surface area contributed by atoms with Gasteiger partial charge < -0.3 is 20.1 Å². The van der Waals surface area contributed by atoms with Gasteiger partial charge in [0.25, 0.3) is 0 Å². The molecule has 3 saturated carbocycles. The highest BCUT2D eigenvalue weighted by Crippen LogP contribution is 2.67. The Morgan fingerprint density at radius 2 is 1.60 bits per heavy atom. The largest absolute Gasteiger partial charge is 0.504 e. The van der Waals surface area contributed by atoms with Crippen molar-refractivity contribution in [3.63, 3.8) is 0 Å².